The molecule has 1 aliphatic heterocycles. The minimum Gasteiger partial charge on any atom is -0.493 e. The fraction of sp³-hybridized carbons (Fsp3) is 0.158. The number of hydrogen-bond donors (Lipinski definition) is 0. The molecule has 0 saturated carbocycles. The van der Waals surface area contributed by atoms with E-state index >= 15 is 0 Å². The van der Waals surface area contributed by atoms with E-state index in [2.05, 4.69) is 9.97 Å². The van der Waals surface area contributed by atoms with Gasteiger partial charge in [0.2, 0.25) is 6.79 Å². The number of ether oxygens (including phenoxy) is 4. The Morgan fingerprint density at radius 3 is 2.65 bits per heavy atom. The second-order valence-electron chi connectivity index (χ2n) is 5.51. The fourth-order valence-corrected chi connectivity index (χ4v) is 3.00. The van der Waals surface area contributed by atoms with Gasteiger partial charge in [0.05, 0.1) is 19.7 Å². The van der Waals surface area contributed by atoms with Crippen LogP contribution in [0.25, 0.3) is 23.1 Å². The van der Waals surface area contributed by atoms with Crippen LogP contribution in [0.3, 0.4) is 0 Å². The average molecular weight is 371 g/mol. The molecule has 0 fully saturated rings. The van der Waals surface area contributed by atoms with Gasteiger partial charge in [-0.05, 0) is 24.3 Å². The van der Waals surface area contributed by atoms with Crippen LogP contribution in [0, 0.1) is 0 Å². The number of para-hydroxylation sites is 1. The first kappa shape index (κ1) is 16.5. The quantitative estimate of drug-likeness (QED) is 0.641. The lowest BCUT2D eigenvalue weighted by molar-refractivity contribution is 0.174. The molecule has 0 radical (unpaired) electrons. The molecule has 0 amide bonds. The van der Waals surface area contributed by atoms with Crippen LogP contribution in [-0.2, 0) is 0 Å². The van der Waals surface area contributed by atoms with Crippen molar-refractivity contribution < 1.29 is 18.9 Å². The highest BCUT2D eigenvalue weighted by atomic mass is 35.5. The smallest absolute Gasteiger partial charge is 0.231 e. The molecule has 0 aliphatic carbocycles. The van der Waals surface area contributed by atoms with Gasteiger partial charge >= 0.3 is 0 Å². The molecule has 1 aromatic heterocycles. The molecule has 132 valence electrons. The molecule has 1 aliphatic rings. The maximum atomic E-state index is 6.34. The zero-order valence-electron chi connectivity index (χ0n) is 14.2. The zero-order chi connectivity index (χ0) is 18.1. The summed E-state index contributed by atoms with van der Waals surface area (Å²) < 4.78 is 21.5. The van der Waals surface area contributed by atoms with Crippen molar-refractivity contribution in [3.8, 4) is 23.0 Å². The Morgan fingerprint density at radius 2 is 1.85 bits per heavy atom. The molecule has 2 aromatic carbocycles. The average Bonchev–Trinajstić information content (AvgIpc) is 3.14. The molecule has 0 bridgehead atoms. The van der Waals surface area contributed by atoms with Gasteiger partial charge in [0.15, 0.2) is 28.8 Å². The maximum Gasteiger partial charge on any atom is 0.231 e. The van der Waals surface area contributed by atoms with E-state index in [1.165, 1.54) is 0 Å². The Morgan fingerprint density at radius 1 is 1.04 bits per heavy atom. The minimum atomic E-state index is 0.222. The molecule has 0 atom stereocenters. The van der Waals surface area contributed by atoms with Crippen LogP contribution in [0.4, 0.5) is 0 Å². The van der Waals surface area contributed by atoms with Crippen LogP contribution >= 0.6 is 11.6 Å². The number of hydrogen-bond acceptors (Lipinski definition) is 6. The van der Waals surface area contributed by atoms with Gasteiger partial charge in [0.25, 0.3) is 0 Å². The van der Waals surface area contributed by atoms with Gasteiger partial charge in [0, 0.05) is 17.0 Å². The first-order chi connectivity index (χ1) is 12.7. The summed E-state index contributed by atoms with van der Waals surface area (Å²) in [5.74, 6) is 3.07. The Labute approximate surface area is 154 Å². The lowest BCUT2D eigenvalue weighted by atomic mass is 10.1. The fourth-order valence-electron chi connectivity index (χ4n) is 2.76. The molecule has 7 heteroatoms. The van der Waals surface area contributed by atoms with E-state index < -0.39 is 0 Å². The third-order valence-electron chi connectivity index (χ3n) is 4.01. The molecule has 26 heavy (non-hydrogen) atoms. The Bertz CT molecular complexity index is 1020. The topological polar surface area (TPSA) is 62.7 Å². The largest absolute Gasteiger partial charge is 0.493 e. The molecule has 0 unspecified atom stereocenters. The van der Waals surface area contributed by atoms with Crippen LogP contribution in [0.5, 0.6) is 23.0 Å². The van der Waals surface area contributed by atoms with Gasteiger partial charge in [-0.15, -0.1) is 0 Å². The van der Waals surface area contributed by atoms with Crippen molar-refractivity contribution in [2.45, 2.75) is 0 Å². The number of rotatable bonds is 4. The highest BCUT2D eigenvalue weighted by Crippen LogP contribution is 2.37. The van der Waals surface area contributed by atoms with Crippen LogP contribution < -0.4 is 18.9 Å². The number of aromatic nitrogens is 2. The SMILES string of the molecule is COc1cc2nc(/C=C/c3cccc4c3OCO4)nc(Cl)c2cc1OC. The van der Waals surface area contributed by atoms with Crippen molar-refractivity contribution in [2.24, 2.45) is 0 Å². The van der Waals surface area contributed by atoms with Crippen molar-refractivity contribution in [3.05, 3.63) is 46.9 Å². The number of halogens is 1. The first-order valence-corrected chi connectivity index (χ1v) is 8.23. The Hall–Kier alpha value is -2.99. The summed E-state index contributed by atoms with van der Waals surface area (Å²) in [6.45, 7) is 0.222. The maximum absolute atomic E-state index is 6.34. The Balaban J connectivity index is 1.74. The van der Waals surface area contributed by atoms with Crippen LogP contribution in [-0.4, -0.2) is 31.0 Å². The molecule has 0 N–H and O–H groups in total. The van der Waals surface area contributed by atoms with E-state index in [-0.39, 0.29) is 6.79 Å². The summed E-state index contributed by atoms with van der Waals surface area (Å²) in [5.41, 5.74) is 1.55. The lowest BCUT2D eigenvalue weighted by Gasteiger charge is -2.09. The molecule has 0 spiro atoms. The van der Waals surface area contributed by atoms with Crippen LogP contribution in [0.2, 0.25) is 5.15 Å². The molecule has 3 aromatic rings. The molecule has 2 heterocycles. The van der Waals surface area contributed by atoms with Crippen molar-refractivity contribution >= 4 is 34.7 Å². The van der Waals surface area contributed by atoms with Crippen molar-refractivity contribution in [1.82, 2.24) is 9.97 Å². The van der Waals surface area contributed by atoms with E-state index in [9.17, 15) is 0 Å². The van der Waals surface area contributed by atoms with Crippen molar-refractivity contribution in [1.29, 1.82) is 0 Å². The summed E-state index contributed by atoms with van der Waals surface area (Å²) in [7, 11) is 3.14. The summed E-state index contributed by atoms with van der Waals surface area (Å²) in [6, 6.07) is 9.23. The number of fused-ring (bicyclic) bond motifs is 2. The third kappa shape index (κ3) is 2.88. The second-order valence-corrected chi connectivity index (χ2v) is 5.87. The third-order valence-corrected chi connectivity index (χ3v) is 4.30. The normalized spacial score (nSPS) is 12.7. The van der Waals surface area contributed by atoms with Gasteiger partial charge in [-0.1, -0.05) is 23.7 Å². The summed E-state index contributed by atoms with van der Waals surface area (Å²) in [5, 5.41) is 1.03. The molecule has 0 saturated heterocycles. The van der Waals surface area contributed by atoms with E-state index in [0.29, 0.717) is 39.1 Å². The highest BCUT2D eigenvalue weighted by molar-refractivity contribution is 6.34. The predicted octanol–water partition coefficient (Wildman–Crippen LogP) is 4.20. The van der Waals surface area contributed by atoms with Gasteiger partial charge < -0.3 is 18.9 Å². The van der Waals surface area contributed by atoms with Gasteiger partial charge in [-0.25, -0.2) is 9.97 Å². The van der Waals surface area contributed by atoms with Crippen LogP contribution in [0.15, 0.2) is 30.3 Å². The van der Waals surface area contributed by atoms with Gasteiger partial charge in [-0.2, -0.15) is 0 Å². The highest BCUT2D eigenvalue weighted by Gasteiger charge is 2.16. The second kappa shape index (κ2) is 6.72. The Kier molecular flexibility index (Phi) is 4.26. The van der Waals surface area contributed by atoms with E-state index in [0.717, 1.165) is 11.3 Å². The standard InChI is InChI=1S/C19H15ClN2O4/c1-23-15-8-12-13(9-16(15)24-2)21-17(22-19(12)20)7-6-11-4-3-5-14-18(11)26-10-25-14/h3-9H,10H2,1-2H3/b7-6+. The van der Waals surface area contributed by atoms with Gasteiger partial charge in [-0.3, -0.25) is 0 Å². The number of methoxy groups -OCH3 is 2. The monoisotopic (exact) mass is 370 g/mol. The molecular formula is C19H15ClN2O4. The molecular weight excluding hydrogens is 356 g/mol. The van der Waals surface area contributed by atoms with Crippen LogP contribution in [0.1, 0.15) is 11.4 Å². The summed E-state index contributed by atoms with van der Waals surface area (Å²) >= 11 is 6.34. The van der Waals surface area contributed by atoms with Crippen molar-refractivity contribution in [3.63, 3.8) is 0 Å². The molecule has 4 rings (SSSR count). The molecule has 6 nitrogen and oxygen atoms in total. The van der Waals surface area contributed by atoms with Crippen molar-refractivity contribution in [2.75, 3.05) is 21.0 Å². The predicted molar refractivity (Wildman–Crippen MR) is 99.1 cm³/mol. The van der Waals surface area contributed by atoms with E-state index in [4.69, 9.17) is 30.5 Å². The first-order valence-electron chi connectivity index (χ1n) is 7.85. The number of nitrogens with zero attached hydrogens (tertiary/aromatic N) is 2. The van der Waals surface area contributed by atoms with E-state index in [1.807, 2.05) is 24.3 Å². The zero-order valence-corrected chi connectivity index (χ0v) is 14.9. The lowest BCUT2D eigenvalue weighted by Crippen LogP contribution is -1.95. The summed E-state index contributed by atoms with van der Waals surface area (Å²) in [4.78, 5) is 8.88. The van der Waals surface area contributed by atoms with E-state index in [1.54, 1.807) is 32.4 Å². The summed E-state index contributed by atoms with van der Waals surface area (Å²) in [6.07, 6.45) is 3.64. The number of benzene rings is 2. The minimum absolute atomic E-state index is 0.222. The van der Waals surface area contributed by atoms with Gasteiger partial charge in [0.1, 0.15) is 5.15 Å².